The summed E-state index contributed by atoms with van der Waals surface area (Å²) in [7, 11) is 0. The molecule has 0 atom stereocenters. The summed E-state index contributed by atoms with van der Waals surface area (Å²) < 4.78 is 0.807. The topological polar surface area (TPSA) is 29.1 Å². The first kappa shape index (κ1) is 12.9. The molecule has 5 heteroatoms. The van der Waals surface area contributed by atoms with E-state index in [2.05, 4.69) is 5.32 Å². The summed E-state index contributed by atoms with van der Waals surface area (Å²) in [5, 5.41) is 2.84. The summed E-state index contributed by atoms with van der Waals surface area (Å²) in [5.41, 5.74) is 0. The molecule has 1 aromatic rings. The highest BCUT2D eigenvalue weighted by Crippen LogP contribution is 2.24. The minimum atomic E-state index is 0.115. The van der Waals surface area contributed by atoms with Crippen molar-refractivity contribution >= 4 is 40.6 Å². The van der Waals surface area contributed by atoms with Gasteiger partial charge >= 0.3 is 0 Å². The first-order chi connectivity index (χ1) is 7.22. The predicted molar refractivity (Wildman–Crippen MR) is 68.8 cm³/mol. The molecular formula is C10H14ClNOS2. The van der Waals surface area contributed by atoms with Crippen molar-refractivity contribution in [2.75, 3.05) is 12.3 Å². The highest BCUT2D eigenvalue weighted by molar-refractivity contribution is 7.99. The fourth-order valence-electron chi connectivity index (χ4n) is 0.989. The van der Waals surface area contributed by atoms with E-state index in [0.717, 1.165) is 23.1 Å². The molecule has 84 valence electrons. The van der Waals surface area contributed by atoms with E-state index in [-0.39, 0.29) is 5.91 Å². The third-order valence-electron chi connectivity index (χ3n) is 1.68. The predicted octanol–water partition coefficient (Wildman–Crippen LogP) is 3.16. The van der Waals surface area contributed by atoms with Gasteiger partial charge in [-0.1, -0.05) is 18.5 Å². The van der Waals surface area contributed by atoms with Crippen LogP contribution in [0.25, 0.3) is 0 Å². The molecule has 0 spiro atoms. The van der Waals surface area contributed by atoms with E-state index >= 15 is 0 Å². The van der Waals surface area contributed by atoms with Gasteiger partial charge in [0.1, 0.15) is 0 Å². The molecule has 1 amide bonds. The van der Waals surface area contributed by atoms with Gasteiger partial charge < -0.3 is 5.32 Å². The zero-order valence-corrected chi connectivity index (χ0v) is 11.0. The van der Waals surface area contributed by atoms with Gasteiger partial charge in [0.05, 0.1) is 10.1 Å². The van der Waals surface area contributed by atoms with E-state index in [1.807, 2.05) is 19.1 Å². The highest BCUT2D eigenvalue weighted by atomic mass is 35.5. The minimum Gasteiger partial charge on any atom is -0.355 e. The maximum absolute atomic E-state index is 11.2. The molecule has 0 saturated carbocycles. The summed E-state index contributed by atoms with van der Waals surface area (Å²) in [6.45, 7) is 2.81. The third-order valence-corrected chi connectivity index (χ3v) is 4.07. The number of hydrogen-bond acceptors (Lipinski definition) is 3. The van der Waals surface area contributed by atoms with Gasteiger partial charge in [-0.25, -0.2) is 0 Å². The Kier molecular flexibility index (Phi) is 6.13. The van der Waals surface area contributed by atoms with Crippen LogP contribution in [0.2, 0.25) is 4.34 Å². The average Bonchev–Trinajstić information content (AvgIpc) is 2.61. The number of amides is 1. The molecule has 1 rings (SSSR count). The van der Waals surface area contributed by atoms with Gasteiger partial charge in [0, 0.05) is 17.2 Å². The van der Waals surface area contributed by atoms with E-state index in [4.69, 9.17) is 11.6 Å². The van der Waals surface area contributed by atoms with Gasteiger partial charge in [0.2, 0.25) is 5.91 Å². The standard InChI is InChI=1S/C10H14ClNOS2/c1-2-5-12-10(13)7-14-6-8-3-4-9(11)15-8/h3-4H,2,5-7H2,1H3,(H,12,13). The Hall–Kier alpha value is -0.190. The summed E-state index contributed by atoms with van der Waals surface area (Å²) in [6, 6.07) is 3.89. The molecule has 15 heavy (non-hydrogen) atoms. The first-order valence-corrected chi connectivity index (χ1v) is 7.16. The molecule has 1 aromatic heterocycles. The second-order valence-corrected chi connectivity index (χ2v) is 5.83. The van der Waals surface area contributed by atoms with Crippen molar-refractivity contribution in [2.24, 2.45) is 0 Å². The van der Waals surface area contributed by atoms with Gasteiger partial charge in [0.25, 0.3) is 0 Å². The van der Waals surface area contributed by atoms with Crippen LogP contribution < -0.4 is 5.32 Å². The molecule has 0 saturated heterocycles. The van der Waals surface area contributed by atoms with Crippen molar-refractivity contribution in [2.45, 2.75) is 19.1 Å². The summed E-state index contributed by atoms with van der Waals surface area (Å²) in [4.78, 5) is 12.5. The van der Waals surface area contributed by atoms with Crippen LogP contribution >= 0.6 is 34.7 Å². The smallest absolute Gasteiger partial charge is 0.230 e. The van der Waals surface area contributed by atoms with E-state index in [9.17, 15) is 4.79 Å². The Labute approximate surface area is 103 Å². The lowest BCUT2D eigenvalue weighted by Crippen LogP contribution is -2.25. The van der Waals surface area contributed by atoms with Crippen LogP contribution in [0.4, 0.5) is 0 Å². The van der Waals surface area contributed by atoms with E-state index in [1.165, 1.54) is 4.88 Å². The second kappa shape index (κ2) is 7.14. The maximum atomic E-state index is 11.2. The van der Waals surface area contributed by atoms with Crippen LogP contribution in [-0.2, 0) is 10.5 Å². The molecule has 0 unspecified atom stereocenters. The molecule has 1 heterocycles. The van der Waals surface area contributed by atoms with Crippen LogP contribution in [-0.4, -0.2) is 18.2 Å². The lowest BCUT2D eigenvalue weighted by atomic mass is 10.5. The van der Waals surface area contributed by atoms with Crippen LogP contribution in [0.5, 0.6) is 0 Å². The molecule has 2 nitrogen and oxygen atoms in total. The summed E-state index contributed by atoms with van der Waals surface area (Å²) >= 11 is 8.99. The van der Waals surface area contributed by atoms with Crippen LogP contribution in [0.15, 0.2) is 12.1 Å². The third kappa shape index (κ3) is 5.44. The van der Waals surface area contributed by atoms with Crippen molar-refractivity contribution in [3.63, 3.8) is 0 Å². The highest BCUT2D eigenvalue weighted by Gasteiger charge is 2.02. The quantitative estimate of drug-likeness (QED) is 0.854. The SMILES string of the molecule is CCCNC(=O)CSCc1ccc(Cl)s1. The molecule has 0 aliphatic carbocycles. The van der Waals surface area contributed by atoms with E-state index in [0.29, 0.717) is 5.75 Å². The molecular weight excluding hydrogens is 250 g/mol. The monoisotopic (exact) mass is 263 g/mol. The Morgan fingerprint density at radius 3 is 3.00 bits per heavy atom. The zero-order chi connectivity index (χ0) is 11.1. The van der Waals surface area contributed by atoms with Crippen molar-refractivity contribution in [1.82, 2.24) is 5.32 Å². The average molecular weight is 264 g/mol. The van der Waals surface area contributed by atoms with Crippen LogP contribution in [0, 0.1) is 0 Å². The van der Waals surface area contributed by atoms with Crippen molar-refractivity contribution in [3.05, 3.63) is 21.3 Å². The van der Waals surface area contributed by atoms with Gasteiger partial charge in [0.15, 0.2) is 0 Å². The molecule has 0 radical (unpaired) electrons. The van der Waals surface area contributed by atoms with Gasteiger partial charge in [-0.2, -0.15) is 0 Å². The van der Waals surface area contributed by atoms with Crippen molar-refractivity contribution in [3.8, 4) is 0 Å². The summed E-state index contributed by atoms with van der Waals surface area (Å²) in [5.74, 6) is 1.50. The normalized spacial score (nSPS) is 10.3. The fraction of sp³-hybridized carbons (Fsp3) is 0.500. The first-order valence-electron chi connectivity index (χ1n) is 4.81. The second-order valence-electron chi connectivity index (χ2n) is 3.05. The van der Waals surface area contributed by atoms with Gasteiger partial charge in [-0.05, 0) is 18.6 Å². The Morgan fingerprint density at radius 2 is 2.40 bits per heavy atom. The van der Waals surface area contributed by atoms with Crippen molar-refractivity contribution in [1.29, 1.82) is 0 Å². The minimum absolute atomic E-state index is 0.115. The molecule has 0 fully saturated rings. The largest absolute Gasteiger partial charge is 0.355 e. The Bertz CT molecular complexity index is 314. The van der Waals surface area contributed by atoms with Crippen LogP contribution in [0.3, 0.4) is 0 Å². The zero-order valence-electron chi connectivity index (χ0n) is 8.59. The van der Waals surface area contributed by atoms with Crippen molar-refractivity contribution < 1.29 is 4.79 Å². The number of nitrogens with one attached hydrogen (secondary N) is 1. The Morgan fingerprint density at radius 1 is 1.60 bits per heavy atom. The number of thioether (sulfide) groups is 1. The molecule has 0 bridgehead atoms. The van der Waals surface area contributed by atoms with Gasteiger partial charge in [-0.15, -0.1) is 23.1 Å². The van der Waals surface area contributed by atoms with Gasteiger partial charge in [-0.3, -0.25) is 4.79 Å². The number of carbonyl (C=O) groups is 1. The van der Waals surface area contributed by atoms with Crippen LogP contribution in [0.1, 0.15) is 18.2 Å². The molecule has 0 aliphatic heterocycles. The molecule has 0 aliphatic rings. The molecule has 1 N–H and O–H groups in total. The number of hydrogen-bond donors (Lipinski definition) is 1. The van der Waals surface area contributed by atoms with E-state index in [1.54, 1.807) is 23.1 Å². The number of rotatable bonds is 6. The maximum Gasteiger partial charge on any atom is 0.230 e. The lowest BCUT2D eigenvalue weighted by Gasteiger charge is -2.02. The fourth-order valence-corrected chi connectivity index (χ4v) is 3.04. The number of carbonyl (C=O) groups excluding carboxylic acids is 1. The summed E-state index contributed by atoms with van der Waals surface area (Å²) in [6.07, 6.45) is 0.983. The lowest BCUT2D eigenvalue weighted by molar-refractivity contribution is -0.118. The van der Waals surface area contributed by atoms with E-state index < -0.39 is 0 Å². The molecule has 0 aromatic carbocycles. The number of halogens is 1. The number of thiophene rings is 1. The Balaban J connectivity index is 2.13.